The van der Waals surface area contributed by atoms with Crippen LogP contribution in [-0.4, -0.2) is 24.8 Å². The molecular formula is C12H17NO2. The molecule has 0 amide bonds. The number of benzene rings is 1. The summed E-state index contributed by atoms with van der Waals surface area (Å²) in [7, 11) is 0. The fraction of sp³-hybridized carbons (Fsp3) is 0.500. The van der Waals surface area contributed by atoms with Crippen molar-refractivity contribution in [1.82, 2.24) is 5.32 Å². The lowest BCUT2D eigenvalue weighted by Crippen LogP contribution is -2.08. The van der Waals surface area contributed by atoms with Crippen molar-refractivity contribution in [3.05, 3.63) is 23.8 Å². The van der Waals surface area contributed by atoms with Crippen molar-refractivity contribution >= 4 is 0 Å². The summed E-state index contributed by atoms with van der Waals surface area (Å²) in [4.78, 5) is 0. The Morgan fingerprint density at radius 3 is 3.07 bits per heavy atom. The van der Waals surface area contributed by atoms with Gasteiger partial charge in [-0.15, -0.1) is 0 Å². The monoisotopic (exact) mass is 207 g/mol. The molecule has 2 N–H and O–H groups in total. The maximum atomic E-state index is 10.0. The minimum absolute atomic E-state index is 0.313. The van der Waals surface area contributed by atoms with Crippen molar-refractivity contribution < 1.29 is 9.84 Å². The second kappa shape index (κ2) is 4.53. The Balaban J connectivity index is 2.26. The minimum atomic E-state index is 0.313. The third-order valence-corrected chi connectivity index (χ3v) is 2.83. The quantitative estimate of drug-likeness (QED) is 0.795. The molecule has 0 aromatic heterocycles. The van der Waals surface area contributed by atoms with E-state index in [1.165, 1.54) is 0 Å². The molecule has 1 aliphatic heterocycles. The zero-order chi connectivity index (χ0) is 10.7. The molecule has 1 atom stereocenters. The highest BCUT2D eigenvalue weighted by Crippen LogP contribution is 2.36. The summed E-state index contributed by atoms with van der Waals surface area (Å²) in [6.07, 6.45) is 1.09. The van der Waals surface area contributed by atoms with Crippen LogP contribution in [0.25, 0.3) is 0 Å². The van der Waals surface area contributed by atoms with Crippen molar-refractivity contribution in [3.8, 4) is 11.5 Å². The average molecular weight is 207 g/mol. The molecule has 15 heavy (non-hydrogen) atoms. The number of phenols is 1. The van der Waals surface area contributed by atoms with Gasteiger partial charge in [0.15, 0.2) is 11.5 Å². The lowest BCUT2D eigenvalue weighted by atomic mass is 9.97. The van der Waals surface area contributed by atoms with Crippen LogP contribution < -0.4 is 10.1 Å². The van der Waals surface area contributed by atoms with Gasteiger partial charge in [-0.3, -0.25) is 0 Å². The average Bonchev–Trinajstić information content (AvgIpc) is 2.74. The predicted octanol–water partition coefficient (Wildman–Crippen LogP) is 1.87. The zero-order valence-electron chi connectivity index (χ0n) is 8.99. The zero-order valence-corrected chi connectivity index (χ0v) is 8.99. The van der Waals surface area contributed by atoms with Crippen LogP contribution in [0, 0.1) is 0 Å². The molecule has 3 heteroatoms. The fourth-order valence-electron chi connectivity index (χ4n) is 2.06. The van der Waals surface area contributed by atoms with Gasteiger partial charge in [-0.05, 0) is 26.0 Å². The Hall–Kier alpha value is -1.22. The Morgan fingerprint density at radius 1 is 1.53 bits per heavy atom. The van der Waals surface area contributed by atoms with Crippen LogP contribution in [0.3, 0.4) is 0 Å². The van der Waals surface area contributed by atoms with E-state index in [2.05, 4.69) is 5.32 Å². The van der Waals surface area contributed by atoms with Gasteiger partial charge in [0, 0.05) is 18.0 Å². The van der Waals surface area contributed by atoms with E-state index in [1.807, 2.05) is 25.1 Å². The molecule has 0 radical (unpaired) electrons. The van der Waals surface area contributed by atoms with E-state index in [0.29, 0.717) is 24.0 Å². The Bertz CT molecular complexity index is 332. The van der Waals surface area contributed by atoms with E-state index >= 15 is 0 Å². The highest BCUT2D eigenvalue weighted by atomic mass is 16.5. The lowest BCUT2D eigenvalue weighted by molar-refractivity contribution is 0.316. The molecule has 1 aromatic rings. The van der Waals surface area contributed by atoms with Crippen LogP contribution in [0.15, 0.2) is 18.2 Å². The first-order valence-electron chi connectivity index (χ1n) is 5.48. The summed E-state index contributed by atoms with van der Waals surface area (Å²) in [5.41, 5.74) is 1.01. The largest absolute Gasteiger partial charge is 0.504 e. The number of para-hydroxylation sites is 1. The first-order valence-corrected chi connectivity index (χ1v) is 5.48. The number of phenolic OH excluding ortho intramolecular Hbond substituents is 1. The molecule has 1 aliphatic rings. The van der Waals surface area contributed by atoms with Gasteiger partial charge in [0.1, 0.15) is 0 Å². The number of hydrogen-bond acceptors (Lipinski definition) is 3. The standard InChI is InChI=1S/C12H17NO2/c1-2-15-11-5-3-4-10(12(11)14)9-6-7-13-8-9/h3-5,9,13-14H,2,6-8H2,1H3. The maximum absolute atomic E-state index is 10.0. The van der Waals surface area contributed by atoms with Gasteiger partial charge in [-0.2, -0.15) is 0 Å². The number of ether oxygens (including phenoxy) is 1. The second-order valence-corrected chi connectivity index (χ2v) is 3.82. The normalized spacial score (nSPS) is 20.5. The van der Waals surface area contributed by atoms with Crippen LogP contribution >= 0.6 is 0 Å². The van der Waals surface area contributed by atoms with E-state index in [0.717, 1.165) is 25.1 Å². The first kappa shape index (κ1) is 10.3. The van der Waals surface area contributed by atoms with E-state index in [4.69, 9.17) is 4.74 Å². The van der Waals surface area contributed by atoms with E-state index in [1.54, 1.807) is 0 Å². The SMILES string of the molecule is CCOc1cccc(C2CCNC2)c1O. The van der Waals surface area contributed by atoms with Crippen molar-refractivity contribution in [3.63, 3.8) is 0 Å². The van der Waals surface area contributed by atoms with Crippen LogP contribution in [0.2, 0.25) is 0 Å². The summed E-state index contributed by atoms with van der Waals surface area (Å²) in [6, 6.07) is 5.73. The first-order chi connectivity index (χ1) is 7.33. The Morgan fingerprint density at radius 2 is 2.40 bits per heavy atom. The van der Waals surface area contributed by atoms with Crippen molar-refractivity contribution in [2.75, 3.05) is 19.7 Å². The molecule has 1 aromatic carbocycles. The minimum Gasteiger partial charge on any atom is -0.504 e. The van der Waals surface area contributed by atoms with E-state index in [9.17, 15) is 5.11 Å². The summed E-state index contributed by atoms with van der Waals surface area (Å²) in [5.74, 6) is 1.33. The van der Waals surface area contributed by atoms with Crippen LogP contribution in [-0.2, 0) is 0 Å². The topological polar surface area (TPSA) is 41.5 Å². The predicted molar refractivity (Wildman–Crippen MR) is 59.5 cm³/mol. The third kappa shape index (κ3) is 2.07. The van der Waals surface area contributed by atoms with Crippen LogP contribution in [0.1, 0.15) is 24.8 Å². The summed E-state index contributed by atoms with van der Waals surface area (Å²) in [5, 5.41) is 13.3. The van der Waals surface area contributed by atoms with Crippen molar-refractivity contribution in [2.24, 2.45) is 0 Å². The Kier molecular flexibility index (Phi) is 3.11. The molecule has 82 valence electrons. The second-order valence-electron chi connectivity index (χ2n) is 3.82. The van der Waals surface area contributed by atoms with Crippen LogP contribution in [0.4, 0.5) is 0 Å². The Labute approximate surface area is 90.1 Å². The molecule has 0 saturated carbocycles. The smallest absolute Gasteiger partial charge is 0.161 e. The van der Waals surface area contributed by atoms with Crippen molar-refractivity contribution in [1.29, 1.82) is 0 Å². The summed E-state index contributed by atoms with van der Waals surface area (Å²) in [6.45, 7) is 4.48. The van der Waals surface area contributed by atoms with Gasteiger partial charge in [0.05, 0.1) is 6.61 Å². The third-order valence-electron chi connectivity index (χ3n) is 2.83. The highest BCUT2D eigenvalue weighted by molar-refractivity contribution is 5.47. The number of hydrogen-bond donors (Lipinski definition) is 2. The molecule has 1 heterocycles. The van der Waals surface area contributed by atoms with Crippen molar-refractivity contribution in [2.45, 2.75) is 19.3 Å². The summed E-state index contributed by atoms with van der Waals surface area (Å²) >= 11 is 0. The molecule has 0 aliphatic carbocycles. The van der Waals surface area contributed by atoms with Crippen LogP contribution in [0.5, 0.6) is 11.5 Å². The highest BCUT2D eigenvalue weighted by Gasteiger charge is 2.21. The van der Waals surface area contributed by atoms with Gasteiger partial charge in [0.2, 0.25) is 0 Å². The van der Waals surface area contributed by atoms with E-state index < -0.39 is 0 Å². The molecule has 1 fully saturated rings. The van der Waals surface area contributed by atoms with E-state index in [-0.39, 0.29) is 0 Å². The molecule has 2 rings (SSSR count). The molecular weight excluding hydrogens is 190 g/mol. The van der Waals surface area contributed by atoms with Gasteiger partial charge in [-0.1, -0.05) is 12.1 Å². The number of nitrogens with one attached hydrogen (secondary N) is 1. The van der Waals surface area contributed by atoms with Gasteiger partial charge < -0.3 is 15.2 Å². The molecule has 1 saturated heterocycles. The molecule has 0 bridgehead atoms. The lowest BCUT2D eigenvalue weighted by Gasteiger charge is -2.14. The maximum Gasteiger partial charge on any atom is 0.161 e. The fourth-order valence-corrected chi connectivity index (χ4v) is 2.06. The molecule has 1 unspecified atom stereocenters. The molecule has 3 nitrogen and oxygen atoms in total. The number of aromatic hydroxyl groups is 1. The number of rotatable bonds is 3. The summed E-state index contributed by atoms with van der Waals surface area (Å²) < 4.78 is 5.37. The van der Waals surface area contributed by atoms with Gasteiger partial charge in [-0.25, -0.2) is 0 Å². The molecule has 0 spiro atoms. The van der Waals surface area contributed by atoms with Gasteiger partial charge in [0.25, 0.3) is 0 Å². The van der Waals surface area contributed by atoms with Gasteiger partial charge >= 0.3 is 0 Å².